The molecule has 18 heavy (non-hydrogen) atoms. The van der Waals surface area contributed by atoms with Crippen LogP contribution in [0.5, 0.6) is 0 Å². The number of hydrogen-bond acceptors (Lipinski definition) is 0. The minimum Gasteiger partial charge on any atom is -0.355 e. The Bertz CT molecular complexity index is 381. The molecule has 2 aliphatic rings. The van der Waals surface area contributed by atoms with E-state index in [0.29, 0.717) is 0 Å². The van der Waals surface area contributed by atoms with Crippen LogP contribution in [0.4, 0.5) is 0 Å². The van der Waals surface area contributed by atoms with E-state index in [2.05, 4.69) is 25.1 Å². The summed E-state index contributed by atoms with van der Waals surface area (Å²) in [7, 11) is 0. The van der Waals surface area contributed by atoms with Crippen LogP contribution in [-0.4, -0.2) is 0 Å². The summed E-state index contributed by atoms with van der Waals surface area (Å²) in [5, 5.41) is 0. The monoisotopic (exact) mass is 390 g/mol. The zero-order valence-electron chi connectivity index (χ0n) is 11.3. The summed E-state index contributed by atoms with van der Waals surface area (Å²) in [6.45, 7) is 2.33. The zero-order valence-corrected chi connectivity index (χ0v) is 17.0. The van der Waals surface area contributed by atoms with Crippen molar-refractivity contribution in [2.45, 2.75) is 63.7 Å². The fourth-order valence-electron chi connectivity index (χ4n) is 3.29. The van der Waals surface area contributed by atoms with Gasteiger partial charge < -0.3 is 12.1 Å². The molecule has 1 aromatic rings. The Labute approximate surface area is 162 Å². The first-order valence-corrected chi connectivity index (χ1v) is 6.81. The van der Waals surface area contributed by atoms with Gasteiger partial charge in [-0.2, -0.15) is 0 Å². The van der Waals surface area contributed by atoms with Crippen LogP contribution in [0.25, 0.3) is 0 Å². The van der Waals surface area contributed by atoms with Crippen LogP contribution in [0.1, 0.15) is 74.0 Å². The topological polar surface area (TPSA) is 0 Å². The van der Waals surface area contributed by atoms with Gasteiger partial charge in [-0.15, -0.1) is 5.92 Å². The standard InChI is InChI=1S/C16H20.2Y/c1-12-7-8-15-11-14(9-10-16(12)15)13-5-3-2-4-6-13;;/h10,12-13H,2-8H2,1H3;;/q-2;;. The van der Waals surface area contributed by atoms with Crippen LogP contribution in [0, 0.1) is 12.1 Å². The molecule has 1 unspecified atom stereocenters. The first-order valence-electron chi connectivity index (χ1n) is 6.81. The van der Waals surface area contributed by atoms with Gasteiger partial charge in [0.2, 0.25) is 0 Å². The molecule has 3 rings (SSSR count). The van der Waals surface area contributed by atoms with Gasteiger partial charge in [0, 0.05) is 65.4 Å². The molecule has 0 amide bonds. The molecule has 92 valence electrons. The molecule has 1 fully saturated rings. The summed E-state index contributed by atoms with van der Waals surface area (Å²) in [4.78, 5) is 0. The van der Waals surface area contributed by atoms with E-state index >= 15 is 0 Å². The van der Waals surface area contributed by atoms with Crippen molar-refractivity contribution in [3.05, 3.63) is 34.9 Å². The number of fused-ring (bicyclic) bond motifs is 1. The van der Waals surface area contributed by atoms with Gasteiger partial charge in [-0.1, -0.05) is 57.8 Å². The predicted molar refractivity (Wildman–Crippen MR) is 66.7 cm³/mol. The second-order valence-electron chi connectivity index (χ2n) is 5.54. The maximum Gasteiger partial charge on any atom is 0 e. The molecule has 1 aromatic carbocycles. The molecule has 1 saturated carbocycles. The van der Waals surface area contributed by atoms with E-state index in [-0.39, 0.29) is 65.4 Å². The van der Waals surface area contributed by atoms with Crippen molar-refractivity contribution in [2.24, 2.45) is 0 Å². The SMILES string of the molecule is CC1CCc2[c-]c(C3CCCCC3)[c-]cc21.[Y].[Y]. The maximum atomic E-state index is 3.67. The first kappa shape index (κ1) is 17.5. The second kappa shape index (κ2) is 8.01. The molecule has 0 N–H and O–H groups in total. The molecule has 0 aromatic heterocycles. The molecule has 1 atom stereocenters. The van der Waals surface area contributed by atoms with E-state index in [9.17, 15) is 0 Å². The van der Waals surface area contributed by atoms with Crippen molar-refractivity contribution in [3.63, 3.8) is 0 Å². The van der Waals surface area contributed by atoms with E-state index in [1.54, 1.807) is 0 Å². The molecule has 2 heteroatoms. The summed E-state index contributed by atoms with van der Waals surface area (Å²) in [5.74, 6) is 1.50. The number of rotatable bonds is 1. The number of hydrogen-bond donors (Lipinski definition) is 0. The van der Waals surface area contributed by atoms with Gasteiger partial charge in [-0.05, 0) is 0 Å². The fraction of sp³-hybridized carbons (Fsp3) is 0.625. The van der Waals surface area contributed by atoms with Crippen LogP contribution in [-0.2, 0) is 71.8 Å². The molecule has 0 nitrogen and oxygen atoms in total. The van der Waals surface area contributed by atoms with E-state index in [4.69, 9.17) is 0 Å². The van der Waals surface area contributed by atoms with Crippen molar-refractivity contribution in [1.29, 1.82) is 0 Å². The number of aryl methyl sites for hydroxylation is 1. The fourth-order valence-corrected chi connectivity index (χ4v) is 3.29. The van der Waals surface area contributed by atoms with E-state index in [1.807, 2.05) is 0 Å². The third-order valence-corrected chi connectivity index (χ3v) is 4.39. The Morgan fingerprint density at radius 2 is 1.78 bits per heavy atom. The molecule has 2 radical (unpaired) electrons. The van der Waals surface area contributed by atoms with Crippen molar-refractivity contribution in [1.82, 2.24) is 0 Å². The van der Waals surface area contributed by atoms with Gasteiger partial charge in [-0.25, -0.2) is 0 Å². The second-order valence-corrected chi connectivity index (χ2v) is 5.54. The predicted octanol–water partition coefficient (Wildman–Crippen LogP) is 4.38. The van der Waals surface area contributed by atoms with E-state index < -0.39 is 0 Å². The molecule has 0 spiro atoms. The Kier molecular flexibility index (Phi) is 7.78. The minimum atomic E-state index is 0. The number of benzene rings is 1. The molecule has 0 saturated heterocycles. The summed E-state index contributed by atoms with van der Waals surface area (Å²) in [5.41, 5.74) is 4.39. The van der Waals surface area contributed by atoms with Gasteiger partial charge in [0.1, 0.15) is 0 Å². The Morgan fingerprint density at radius 3 is 2.50 bits per heavy atom. The summed E-state index contributed by atoms with van der Waals surface area (Å²) in [6.07, 6.45) is 9.51. The van der Waals surface area contributed by atoms with Crippen molar-refractivity contribution in [2.75, 3.05) is 0 Å². The Hall–Kier alpha value is 1.43. The quantitative estimate of drug-likeness (QED) is 0.625. The van der Waals surface area contributed by atoms with Crippen LogP contribution >= 0.6 is 0 Å². The van der Waals surface area contributed by atoms with Crippen molar-refractivity contribution in [3.8, 4) is 0 Å². The van der Waals surface area contributed by atoms with E-state index in [1.165, 1.54) is 61.6 Å². The third kappa shape index (κ3) is 3.75. The van der Waals surface area contributed by atoms with Gasteiger partial charge >= 0.3 is 0 Å². The first-order chi connectivity index (χ1) is 7.84. The maximum absolute atomic E-state index is 3.67. The van der Waals surface area contributed by atoms with Crippen molar-refractivity contribution >= 4 is 0 Å². The third-order valence-electron chi connectivity index (χ3n) is 4.39. The van der Waals surface area contributed by atoms with Gasteiger partial charge in [0.05, 0.1) is 0 Å². The van der Waals surface area contributed by atoms with Gasteiger partial charge in [-0.3, -0.25) is 22.8 Å². The van der Waals surface area contributed by atoms with Crippen LogP contribution in [0.2, 0.25) is 0 Å². The van der Waals surface area contributed by atoms with Crippen LogP contribution in [0.3, 0.4) is 0 Å². The average Bonchev–Trinajstić information content (AvgIpc) is 2.72. The van der Waals surface area contributed by atoms with Gasteiger partial charge in [0.25, 0.3) is 0 Å². The van der Waals surface area contributed by atoms with Crippen molar-refractivity contribution < 1.29 is 65.4 Å². The molecule has 0 bridgehead atoms. The smallest absolute Gasteiger partial charge is 0 e. The van der Waals surface area contributed by atoms with E-state index in [0.717, 1.165) is 11.8 Å². The minimum absolute atomic E-state index is 0. The molecule has 0 heterocycles. The molecular weight excluding hydrogens is 370 g/mol. The normalized spacial score (nSPS) is 22.8. The Morgan fingerprint density at radius 1 is 1.06 bits per heavy atom. The van der Waals surface area contributed by atoms with Crippen LogP contribution in [0.15, 0.2) is 6.07 Å². The molecular formula is C16H20Y2-2. The molecule has 0 aliphatic heterocycles. The summed E-state index contributed by atoms with van der Waals surface area (Å²) >= 11 is 0. The average molecular weight is 390 g/mol. The largest absolute Gasteiger partial charge is 0.355 e. The zero-order chi connectivity index (χ0) is 11.0. The van der Waals surface area contributed by atoms with Gasteiger partial charge in [0.15, 0.2) is 0 Å². The Balaban J connectivity index is 0.000000810. The van der Waals surface area contributed by atoms with Crippen LogP contribution < -0.4 is 0 Å². The molecule has 2 aliphatic carbocycles. The summed E-state index contributed by atoms with van der Waals surface area (Å²) < 4.78 is 0. The summed E-state index contributed by atoms with van der Waals surface area (Å²) in [6, 6.07) is 9.44.